The lowest BCUT2D eigenvalue weighted by Gasteiger charge is -2.34. The van der Waals surface area contributed by atoms with Gasteiger partial charge in [0.1, 0.15) is 17.3 Å². The van der Waals surface area contributed by atoms with E-state index in [1.165, 1.54) is 19.2 Å². The van der Waals surface area contributed by atoms with E-state index in [1.54, 1.807) is 18.2 Å². The monoisotopic (exact) mass is 435 g/mol. The van der Waals surface area contributed by atoms with Gasteiger partial charge in [-0.15, -0.1) is 0 Å². The molecule has 0 aromatic heterocycles. The van der Waals surface area contributed by atoms with Gasteiger partial charge in [0.2, 0.25) is 0 Å². The van der Waals surface area contributed by atoms with E-state index < -0.39 is 0 Å². The van der Waals surface area contributed by atoms with Gasteiger partial charge in [0.15, 0.2) is 0 Å². The van der Waals surface area contributed by atoms with Gasteiger partial charge in [0, 0.05) is 18.8 Å². The molecule has 5 nitrogen and oxygen atoms in total. The van der Waals surface area contributed by atoms with Crippen LogP contribution in [0, 0.1) is 5.82 Å². The van der Waals surface area contributed by atoms with Crippen molar-refractivity contribution in [2.24, 2.45) is 0 Å². The Kier molecular flexibility index (Phi) is 7.02. The summed E-state index contributed by atoms with van der Waals surface area (Å²) in [4.78, 5) is 14.1. The third kappa shape index (κ3) is 5.65. The van der Waals surface area contributed by atoms with Crippen molar-refractivity contribution in [3.05, 3.63) is 89.7 Å². The average molecular weight is 435 g/mol. The smallest absolute Gasteiger partial charge is 0.337 e. The number of piperidine rings is 1. The fourth-order valence-corrected chi connectivity index (χ4v) is 3.76. The maximum atomic E-state index is 13.0. The minimum Gasteiger partial charge on any atom is -0.465 e. The van der Waals surface area contributed by atoms with Crippen molar-refractivity contribution in [3.8, 4) is 11.5 Å². The van der Waals surface area contributed by atoms with Crippen LogP contribution in [0.4, 0.5) is 10.1 Å². The van der Waals surface area contributed by atoms with Crippen LogP contribution >= 0.6 is 0 Å². The van der Waals surface area contributed by atoms with E-state index in [-0.39, 0.29) is 17.9 Å². The number of methoxy groups -OCH3 is 1. The van der Waals surface area contributed by atoms with Gasteiger partial charge in [-0.25, -0.2) is 9.18 Å². The molecule has 0 amide bonds. The Morgan fingerprint density at radius 3 is 2.47 bits per heavy atom. The molecular formula is C26H26FNO4. The number of hydrogen-bond donors (Lipinski definition) is 0. The number of halogens is 1. The Morgan fingerprint density at radius 1 is 1.03 bits per heavy atom. The van der Waals surface area contributed by atoms with Crippen LogP contribution < -0.4 is 9.64 Å². The third-order valence-electron chi connectivity index (χ3n) is 5.47. The number of rotatable bonds is 7. The van der Waals surface area contributed by atoms with Crippen LogP contribution in [0.1, 0.15) is 28.8 Å². The van der Waals surface area contributed by atoms with Crippen LogP contribution in [0.15, 0.2) is 72.8 Å². The van der Waals surface area contributed by atoms with Crippen LogP contribution in [0.5, 0.6) is 11.5 Å². The van der Waals surface area contributed by atoms with E-state index in [4.69, 9.17) is 14.2 Å². The zero-order valence-electron chi connectivity index (χ0n) is 18.0. The van der Waals surface area contributed by atoms with Crippen molar-refractivity contribution in [1.82, 2.24) is 0 Å². The molecule has 1 fully saturated rings. The summed E-state index contributed by atoms with van der Waals surface area (Å²) < 4.78 is 29.7. The number of ether oxygens (including phenoxy) is 3. The van der Waals surface area contributed by atoms with Crippen molar-refractivity contribution in [2.75, 3.05) is 25.1 Å². The van der Waals surface area contributed by atoms with Gasteiger partial charge in [-0.2, -0.15) is 0 Å². The second-order valence-corrected chi connectivity index (χ2v) is 7.76. The first-order valence-electron chi connectivity index (χ1n) is 10.7. The van der Waals surface area contributed by atoms with Crippen LogP contribution in [0.3, 0.4) is 0 Å². The highest BCUT2D eigenvalue weighted by Crippen LogP contribution is 2.25. The molecule has 32 heavy (non-hydrogen) atoms. The van der Waals surface area contributed by atoms with Gasteiger partial charge < -0.3 is 19.1 Å². The second-order valence-electron chi connectivity index (χ2n) is 7.76. The van der Waals surface area contributed by atoms with Crippen molar-refractivity contribution in [3.63, 3.8) is 0 Å². The third-order valence-corrected chi connectivity index (χ3v) is 5.47. The summed E-state index contributed by atoms with van der Waals surface area (Å²) >= 11 is 0. The standard InChI is InChI=1S/C26H26FNO4/c1-30-26(29)20-4-2-5-22(16-20)28-15-3-6-25(17-28)31-18-19-7-11-23(12-8-19)32-24-13-9-21(27)10-14-24/h2,4-5,7-14,16,25H,3,6,15,17-18H2,1H3. The highest BCUT2D eigenvalue weighted by Gasteiger charge is 2.21. The van der Waals surface area contributed by atoms with E-state index in [0.29, 0.717) is 23.7 Å². The molecule has 166 valence electrons. The van der Waals surface area contributed by atoms with E-state index in [2.05, 4.69) is 4.90 Å². The molecular weight excluding hydrogens is 409 g/mol. The molecule has 4 rings (SSSR count). The Bertz CT molecular complexity index is 1040. The molecule has 6 heteroatoms. The molecule has 3 aromatic rings. The van der Waals surface area contributed by atoms with Gasteiger partial charge in [-0.3, -0.25) is 0 Å². The van der Waals surface area contributed by atoms with Crippen LogP contribution in [-0.4, -0.2) is 32.3 Å². The van der Waals surface area contributed by atoms with Gasteiger partial charge in [0.05, 0.1) is 25.4 Å². The lowest BCUT2D eigenvalue weighted by Crippen LogP contribution is -2.39. The molecule has 1 aliphatic heterocycles. The van der Waals surface area contributed by atoms with Crippen molar-refractivity contribution in [1.29, 1.82) is 0 Å². The SMILES string of the molecule is COC(=O)c1cccc(N2CCCC(OCc3ccc(Oc4ccc(F)cc4)cc3)C2)c1. The zero-order chi connectivity index (χ0) is 22.3. The minimum atomic E-state index is -0.330. The molecule has 0 aliphatic carbocycles. The maximum Gasteiger partial charge on any atom is 0.337 e. The Morgan fingerprint density at radius 2 is 1.75 bits per heavy atom. The number of carbonyl (C=O) groups excluding carboxylic acids is 1. The molecule has 1 aliphatic rings. The lowest BCUT2D eigenvalue weighted by atomic mass is 10.1. The molecule has 0 radical (unpaired) electrons. The quantitative estimate of drug-likeness (QED) is 0.453. The first-order valence-corrected chi connectivity index (χ1v) is 10.7. The van der Waals surface area contributed by atoms with Crippen molar-refractivity contribution in [2.45, 2.75) is 25.6 Å². The van der Waals surface area contributed by atoms with Crippen LogP contribution in [-0.2, 0) is 16.1 Å². The minimum absolute atomic E-state index is 0.112. The number of nitrogens with zero attached hydrogens (tertiary/aromatic N) is 1. The van der Waals surface area contributed by atoms with Gasteiger partial charge in [-0.1, -0.05) is 18.2 Å². The first-order chi connectivity index (χ1) is 15.6. The highest BCUT2D eigenvalue weighted by molar-refractivity contribution is 5.90. The number of hydrogen-bond acceptors (Lipinski definition) is 5. The largest absolute Gasteiger partial charge is 0.465 e. The van der Waals surface area contributed by atoms with Gasteiger partial charge in [0.25, 0.3) is 0 Å². The molecule has 1 saturated heterocycles. The number of anilines is 1. The van der Waals surface area contributed by atoms with E-state index in [1.807, 2.05) is 42.5 Å². The van der Waals surface area contributed by atoms with Gasteiger partial charge in [-0.05, 0) is 73.0 Å². The predicted molar refractivity (Wildman–Crippen MR) is 121 cm³/mol. The molecule has 1 unspecified atom stereocenters. The molecule has 0 saturated carbocycles. The topological polar surface area (TPSA) is 48.0 Å². The van der Waals surface area contributed by atoms with E-state index in [0.717, 1.165) is 37.2 Å². The van der Waals surface area contributed by atoms with Crippen molar-refractivity contribution < 1.29 is 23.4 Å². The Hall–Kier alpha value is -3.38. The van der Waals surface area contributed by atoms with Crippen LogP contribution in [0.25, 0.3) is 0 Å². The summed E-state index contributed by atoms with van der Waals surface area (Å²) in [7, 11) is 1.39. The maximum absolute atomic E-state index is 13.0. The summed E-state index contributed by atoms with van der Waals surface area (Å²) in [6, 6.07) is 21.2. The fourth-order valence-electron chi connectivity index (χ4n) is 3.76. The highest BCUT2D eigenvalue weighted by atomic mass is 19.1. The summed E-state index contributed by atoms with van der Waals surface area (Å²) in [5.74, 6) is 0.662. The summed E-state index contributed by atoms with van der Waals surface area (Å²) in [5.41, 5.74) is 2.61. The van der Waals surface area contributed by atoms with Crippen molar-refractivity contribution >= 4 is 11.7 Å². The number of benzene rings is 3. The predicted octanol–water partition coefficient (Wildman–Crippen LogP) is 5.59. The van der Waals surface area contributed by atoms with Gasteiger partial charge >= 0.3 is 5.97 Å². The summed E-state index contributed by atoms with van der Waals surface area (Å²) in [6.45, 7) is 2.22. The second kappa shape index (κ2) is 10.3. The van der Waals surface area contributed by atoms with E-state index >= 15 is 0 Å². The number of esters is 1. The zero-order valence-corrected chi connectivity index (χ0v) is 18.0. The molecule has 3 aromatic carbocycles. The lowest BCUT2D eigenvalue weighted by molar-refractivity contribution is 0.0315. The molecule has 1 atom stereocenters. The molecule has 0 bridgehead atoms. The summed E-state index contributed by atoms with van der Waals surface area (Å²) in [6.07, 6.45) is 2.14. The molecule has 1 heterocycles. The van der Waals surface area contributed by atoms with E-state index in [9.17, 15) is 9.18 Å². The first kappa shape index (κ1) is 21.8. The Labute approximate surface area is 187 Å². The Balaban J connectivity index is 1.31. The number of carbonyl (C=O) groups is 1. The average Bonchev–Trinajstić information content (AvgIpc) is 2.85. The summed E-state index contributed by atoms with van der Waals surface area (Å²) in [5, 5.41) is 0. The molecule has 0 spiro atoms. The molecule has 0 N–H and O–H groups in total. The van der Waals surface area contributed by atoms with Crippen LogP contribution in [0.2, 0.25) is 0 Å². The normalized spacial score (nSPS) is 15.9. The fraction of sp³-hybridized carbons (Fsp3) is 0.269.